The maximum absolute atomic E-state index is 10.9. The summed E-state index contributed by atoms with van der Waals surface area (Å²) in [7, 11) is 0. The van der Waals surface area contributed by atoms with Crippen molar-refractivity contribution < 1.29 is 9.90 Å². The van der Waals surface area contributed by atoms with Crippen molar-refractivity contribution in [1.82, 2.24) is 9.78 Å². The molecular weight excluding hydrogens is 307 g/mol. The first kappa shape index (κ1) is 12.1. The smallest absolute Gasteiger partial charge is 0.357 e. The molecule has 4 nitrogen and oxygen atoms in total. The minimum Gasteiger partial charge on any atom is -0.476 e. The summed E-state index contributed by atoms with van der Waals surface area (Å²) >= 11 is 9.15. The van der Waals surface area contributed by atoms with Gasteiger partial charge in [-0.1, -0.05) is 17.7 Å². The van der Waals surface area contributed by atoms with Gasteiger partial charge in [-0.15, -0.1) is 0 Å². The standard InChI is InChI=1S/C11H8BrClN2O2/c1-6-2-3-7(4-9(6)13)15-5-8(12)10(14-15)11(16)17/h2-5H,1H3,(H,16,17). The highest BCUT2D eigenvalue weighted by molar-refractivity contribution is 9.10. The van der Waals surface area contributed by atoms with Crippen LogP contribution in [0.1, 0.15) is 16.1 Å². The van der Waals surface area contributed by atoms with Crippen molar-refractivity contribution >= 4 is 33.5 Å². The van der Waals surface area contributed by atoms with E-state index in [1.165, 1.54) is 4.68 Å². The number of carboxylic acids is 1. The van der Waals surface area contributed by atoms with E-state index in [-0.39, 0.29) is 5.69 Å². The van der Waals surface area contributed by atoms with Gasteiger partial charge in [-0.2, -0.15) is 5.10 Å². The number of aromatic carboxylic acids is 1. The number of aromatic nitrogens is 2. The molecule has 0 spiro atoms. The lowest BCUT2D eigenvalue weighted by molar-refractivity contribution is 0.0689. The molecule has 2 rings (SSSR count). The monoisotopic (exact) mass is 314 g/mol. The van der Waals surface area contributed by atoms with Crippen LogP contribution < -0.4 is 0 Å². The van der Waals surface area contributed by atoms with Crippen molar-refractivity contribution in [3.05, 3.63) is 45.1 Å². The summed E-state index contributed by atoms with van der Waals surface area (Å²) in [5.41, 5.74) is 1.65. The molecule has 6 heteroatoms. The summed E-state index contributed by atoms with van der Waals surface area (Å²) in [6, 6.07) is 5.42. The molecule has 0 atom stereocenters. The van der Waals surface area contributed by atoms with Gasteiger partial charge in [0.1, 0.15) is 0 Å². The van der Waals surface area contributed by atoms with Gasteiger partial charge in [0.05, 0.1) is 10.2 Å². The first-order chi connectivity index (χ1) is 7.99. The maximum Gasteiger partial charge on any atom is 0.357 e. The zero-order chi connectivity index (χ0) is 12.6. The number of hydrogen-bond donors (Lipinski definition) is 1. The number of rotatable bonds is 2. The summed E-state index contributed by atoms with van der Waals surface area (Å²) in [6.45, 7) is 1.90. The Morgan fingerprint density at radius 1 is 1.53 bits per heavy atom. The molecule has 0 amide bonds. The van der Waals surface area contributed by atoms with Crippen LogP contribution in [0.3, 0.4) is 0 Å². The number of hydrogen-bond acceptors (Lipinski definition) is 2. The molecule has 17 heavy (non-hydrogen) atoms. The fraction of sp³-hybridized carbons (Fsp3) is 0.0909. The lowest BCUT2D eigenvalue weighted by Crippen LogP contribution is -2.01. The molecule has 0 aliphatic carbocycles. The van der Waals surface area contributed by atoms with E-state index in [2.05, 4.69) is 21.0 Å². The van der Waals surface area contributed by atoms with Crippen LogP contribution in [-0.4, -0.2) is 20.9 Å². The van der Waals surface area contributed by atoms with E-state index in [0.29, 0.717) is 15.2 Å². The second kappa shape index (κ2) is 4.50. The van der Waals surface area contributed by atoms with Crippen LogP contribution in [0.4, 0.5) is 0 Å². The second-order valence-electron chi connectivity index (χ2n) is 3.51. The zero-order valence-electron chi connectivity index (χ0n) is 8.82. The number of carboxylic acid groups (broad SMARTS) is 1. The first-order valence-corrected chi connectivity index (χ1v) is 5.91. The van der Waals surface area contributed by atoms with Crippen molar-refractivity contribution in [3.8, 4) is 5.69 Å². The number of aryl methyl sites for hydroxylation is 1. The maximum atomic E-state index is 10.9. The third-order valence-electron chi connectivity index (χ3n) is 2.29. The van der Waals surface area contributed by atoms with Gasteiger partial charge in [-0.3, -0.25) is 0 Å². The van der Waals surface area contributed by atoms with Gasteiger partial charge in [-0.05, 0) is 40.5 Å². The predicted octanol–water partition coefficient (Wildman–Crippen LogP) is 3.29. The number of halogens is 2. The summed E-state index contributed by atoms with van der Waals surface area (Å²) in [4.78, 5) is 10.9. The molecule has 0 aliphatic rings. The highest BCUT2D eigenvalue weighted by Crippen LogP contribution is 2.22. The van der Waals surface area contributed by atoms with Gasteiger partial charge >= 0.3 is 5.97 Å². The van der Waals surface area contributed by atoms with Gasteiger partial charge < -0.3 is 5.11 Å². The van der Waals surface area contributed by atoms with Crippen molar-refractivity contribution in [1.29, 1.82) is 0 Å². The highest BCUT2D eigenvalue weighted by atomic mass is 79.9. The van der Waals surface area contributed by atoms with E-state index in [9.17, 15) is 4.79 Å². The molecule has 0 saturated heterocycles. The van der Waals surface area contributed by atoms with Gasteiger partial charge in [0.15, 0.2) is 5.69 Å². The molecule has 88 valence electrons. The van der Waals surface area contributed by atoms with Crippen LogP contribution in [0.25, 0.3) is 5.69 Å². The zero-order valence-corrected chi connectivity index (χ0v) is 11.2. The predicted molar refractivity (Wildman–Crippen MR) is 68.0 cm³/mol. The van der Waals surface area contributed by atoms with E-state index in [4.69, 9.17) is 16.7 Å². The third kappa shape index (κ3) is 2.35. The molecule has 0 fully saturated rings. The Labute approximate surface area is 111 Å². The lowest BCUT2D eigenvalue weighted by Gasteiger charge is -2.03. The van der Waals surface area contributed by atoms with Crippen LogP contribution in [0.15, 0.2) is 28.9 Å². The third-order valence-corrected chi connectivity index (χ3v) is 3.28. The fourth-order valence-electron chi connectivity index (χ4n) is 1.35. The first-order valence-electron chi connectivity index (χ1n) is 4.74. The van der Waals surface area contributed by atoms with Crippen molar-refractivity contribution in [2.45, 2.75) is 6.92 Å². The molecular formula is C11H8BrClN2O2. The molecule has 0 bridgehead atoms. The van der Waals surface area contributed by atoms with Crippen molar-refractivity contribution in [2.24, 2.45) is 0 Å². The minimum atomic E-state index is -1.08. The lowest BCUT2D eigenvalue weighted by atomic mass is 10.2. The van der Waals surface area contributed by atoms with E-state index >= 15 is 0 Å². The molecule has 0 radical (unpaired) electrons. The van der Waals surface area contributed by atoms with Crippen molar-refractivity contribution in [2.75, 3.05) is 0 Å². The van der Waals surface area contributed by atoms with E-state index in [1.54, 1.807) is 12.3 Å². The van der Waals surface area contributed by atoms with Gasteiger partial charge in [0.25, 0.3) is 0 Å². The van der Waals surface area contributed by atoms with Crippen molar-refractivity contribution in [3.63, 3.8) is 0 Å². The Hall–Kier alpha value is -1.33. The van der Waals surface area contributed by atoms with E-state index in [1.807, 2.05) is 19.1 Å². The van der Waals surface area contributed by atoms with E-state index in [0.717, 1.165) is 5.56 Å². The largest absolute Gasteiger partial charge is 0.476 e. The SMILES string of the molecule is Cc1ccc(-n2cc(Br)c(C(=O)O)n2)cc1Cl. The molecule has 1 heterocycles. The molecule has 0 unspecified atom stereocenters. The Morgan fingerprint density at radius 3 is 2.76 bits per heavy atom. The van der Waals surface area contributed by atoms with Gasteiger partial charge in [0.2, 0.25) is 0 Å². The summed E-state index contributed by atoms with van der Waals surface area (Å²) in [5, 5.41) is 13.5. The van der Waals surface area contributed by atoms with Crippen LogP contribution in [-0.2, 0) is 0 Å². The summed E-state index contributed by atoms with van der Waals surface area (Å²) in [5.74, 6) is -1.08. The van der Waals surface area contributed by atoms with Crippen LogP contribution in [0.2, 0.25) is 5.02 Å². The molecule has 0 aliphatic heterocycles. The number of carbonyl (C=O) groups is 1. The fourth-order valence-corrected chi connectivity index (χ4v) is 1.97. The summed E-state index contributed by atoms with van der Waals surface area (Å²) in [6.07, 6.45) is 1.59. The van der Waals surface area contributed by atoms with Crippen LogP contribution in [0, 0.1) is 6.92 Å². The second-order valence-corrected chi connectivity index (χ2v) is 4.77. The summed E-state index contributed by atoms with van der Waals surface area (Å²) < 4.78 is 1.90. The van der Waals surface area contributed by atoms with Crippen LogP contribution >= 0.6 is 27.5 Å². The Bertz CT molecular complexity index is 595. The topological polar surface area (TPSA) is 55.1 Å². The average molecular weight is 316 g/mol. The van der Waals surface area contributed by atoms with Gasteiger partial charge in [-0.25, -0.2) is 9.48 Å². The Morgan fingerprint density at radius 2 is 2.24 bits per heavy atom. The van der Waals surface area contributed by atoms with E-state index < -0.39 is 5.97 Å². The number of benzene rings is 1. The molecule has 1 N–H and O–H groups in total. The number of nitrogens with zero attached hydrogens (tertiary/aromatic N) is 2. The molecule has 1 aromatic heterocycles. The molecule has 0 saturated carbocycles. The molecule has 1 aromatic carbocycles. The molecule has 2 aromatic rings. The Kier molecular flexibility index (Phi) is 3.22. The quantitative estimate of drug-likeness (QED) is 0.925. The average Bonchev–Trinajstić information content (AvgIpc) is 2.64. The highest BCUT2D eigenvalue weighted by Gasteiger charge is 2.14. The normalized spacial score (nSPS) is 10.5. The van der Waals surface area contributed by atoms with Crippen LogP contribution in [0.5, 0.6) is 0 Å². The minimum absolute atomic E-state index is 0.0262. The van der Waals surface area contributed by atoms with Gasteiger partial charge in [0, 0.05) is 11.2 Å². The Balaban J connectivity index is 2.50.